The van der Waals surface area contributed by atoms with Gasteiger partial charge in [0.05, 0.1) is 19.5 Å². The van der Waals surface area contributed by atoms with Gasteiger partial charge in [-0.2, -0.15) is 0 Å². The summed E-state index contributed by atoms with van der Waals surface area (Å²) in [7, 11) is 0. The second-order valence-electron chi connectivity index (χ2n) is 9.34. The summed E-state index contributed by atoms with van der Waals surface area (Å²) in [6.45, 7) is 6.67. The van der Waals surface area contributed by atoms with Gasteiger partial charge in [0.15, 0.2) is 0 Å². The van der Waals surface area contributed by atoms with Gasteiger partial charge < -0.3 is 9.47 Å². The third kappa shape index (κ3) is 7.65. The highest BCUT2D eigenvalue weighted by Gasteiger charge is 2.35. The molecule has 1 N–H and O–H groups in total. The molecule has 0 unspecified atom stereocenters. The molecule has 1 heterocycles. The molecule has 0 bridgehead atoms. The lowest BCUT2D eigenvalue weighted by molar-refractivity contribution is -0.154. The second kappa shape index (κ2) is 12.0. The average molecular weight is 486 g/mol. The molecule has 0 fully saturated rings. The van der Waals surface area contributed by atoms with Gasteiger partial charge in [0.2, 0.25) is 5.91 Å². The highest BCUT2D eigenvalue weighted by atomic mass is 16.6. The predicted molar refractivity (Wildman–Crippen MR) is 135 cm³/mol. The van der Waals surface area contributed by atoms with E-state index in [1.165, 1.54) is 4.90 Å². The van der Waals surface area contributed by atoms with E-state index in [1.807, 2.05) is 12.1 Å². The fourth-order valence-electron chi connectivity index (χ4n) is 3.98. The zero-order valence-corrected chi connectivity index (χ0v) is 20.7. The molecule has 3 rings (SSSR count). The van der Waals surface area contributed by atoms with Crippen molar-refractivity contribution in [2.75, 3.05) is 18.1 Å². The van der Waals surface area contributed by atoms with Crippen LogP contribution in [0.4, 0.5) is 5.69 Å². The fourth-order valence-corrected chi connectivity index (χ4v) is 3.98. The Kier molecular flexibility index (Phi) is 6.86. The number of fused-ring (bicyclic) bond motifs is 1. The molecule has 2 aromatic carbocycles. The molecule has 0 saturated heterocycles. The van der Waals surface area contributed by atoms with Crippen LogP contribution in [0, 0.1) is 0 Å². The smallest absolute Gasteiger partial charge is 0.326 e. The normalized spacial score (nSPS) is 18.7. The first-order valence-electron chi connectivity index (χ1n) is 14.3. The monoisotopic (exact) mass is 485 g/mol. The van der Waals surface area contributed by atoms with E-state index in [0.717, 1.165) is 5.56 Å². The molecular weight excluding hydrogens is 444 g/mol. The van der Waals surface area contributed by atoms with E-state index < -0.39 is 53.7 Å². The number of hydrogen-bond acceptors (Lipinski definition) is 6. The molecular formula is C28H36N2O5. The summed E-state index contributed by atoms with van der Waals surface area (Å²) in [5, 5.41) is 3.10. The van der Waals surface area contributed by atoms with Crippen LogP contribution in [0.5, 0.6) is 0 Å². The van der Waals surface area contributed by atoms with Gasteiger partial charge in [-0.15, -0.1) is 0 Å². The Hall–Kier alpha value is -3.19. The molecule has 0 aliphatic carbocycles. The minimum absolute atomic E-state index is 0.0189. The topological polar surface area (TPSA) is 84.9 Å². The summed E-state index contributed by atoms with van der Waals surface area (Å²) in [6.07, 6.45) is 0.846. The molecule has 2 atom stereocenters. The van der Waals surface area contributed by atoms with Crippen LogP contribution in [0.3, 0.4) is 0 Å². The number of ether oxygens (including phenoxy) is 2. The molecule has 35 heavy (non-hydrogen) atoms. The number of esters is 2. The van der Waals surface area contributed by atoms with Gasteiger partial charge >= 0.3 is 11.9 Å². The zero-order chi connectivity index (χ0) is 29.8. The SMILES string of the molecule is [2H]c1c([2H])c([2H])c(CC[C@@H](N[C@H]2CCc3ccccc3N(CC(=O)OC(C)(C)C)C2=O)C(=O)OCC)c([2H])c1[2H]. The summed E-state index contributed by atoms with van der Waals surface area (Å²) in [5.74, 6) is -1.60. The quantitative estimate of drug-likeness (QED) is 0.544. The largest absolute Gasteiger partial charge is 0.465 e. The minimum Gasteiger partial charge on any atom is -0.465 e. The van der Waals surface area contributed by atoms with Crippen molar-refractivity contribution in [2.45, 2.75) is 71.1 Å². The van der Waals surface area contributed by atoms with Crippen LogP contribution in [-0.2, 0) is 36.7 Å². The zero-order valence-electron chi connectivity index (χ0n) is 25.7. The Morgan fingerprint density at radius 2 is 1.91 bits per heavy atom. The molecule has 188 valence electrons. The van der Waals surface area contributed by atoms with Gasteiger partial charge in [0.1, 0.15) is 18.2 Å². The number of benzene rings is 2. The van der Waals surface area contributed by atoms with Crippen molar-refractivity contribution in [3.8, 4) is 0 Å². The summed E-state index contributed by atoms with van der Waals surface area (Å²) >= 11 is 0. The molecule has 0 radical (unpaired) electrons. The van der Waals surface area contributed by atoms with Crippen molar-refractivity contribution in [3.05, 3.63) is 65.6 Å². The summed E-state index contributed by atoms with van der Waals surface area (Å²) in [6, 6.07) is 3.35. The Bertz CT molecular complexity index is 1250. The van der Waals surface area contributed by atoms with E-state index in [-0.39, 0.29) is 43.6 Å². The first-order chi connectivity index (χ1) is 18.7. The van der Waals surface area contributed by atoms with E-state index in [4.69, 9.17) is 16.3 Å². The number of nitrogens with one attached hydrogen (secondary N) is 1. The number of para-hydroxylation sites is 1. The molecule has 0 spiro atoms. The van der Waals surface area contributed by atoms with Gasteiger partial charge in [0.25, 0.3) is 0 Å². The van der Waals surface area contributed by atoms with E-state index in [0.29, 0.717) is 18.5 Å². The van der Waals surface area contributed by atoms with Crippen LogP contribution in [0.2, 0.25) is 0 Å². The lowest BCUT2D eigenvalue weighted by Crippen LogP contribution is -2.53. The van der Waals surface area contributed by atoms with Crippen molar-refractivity contribution in [1.29, 1.82) is 0 Å². The minimum atomic E-state index is -1.00. The molecule has 2 aromatic rings. The maximum absolute atomic E-state index is 13.8. The fraction of sp³-hybridized carbons (Fsp3) is 0.464. The van der Waals surface area contributed by atoms with Crippen LogP contribution in [-0.4, -0.2) is 48.7 Å². The average Bonchev–Trinajstić information content (AvgIpc) is 3.01. The van der Waals surface area contributed by atoms with E-state index in [2.05, 4.69) is 5.32 Å². The number of carbonyl (C=O) groups excluding carboxylic acids is 3. The maximum Gasteiger partial charge on any atom is 0.326 e. The lowest BCUT2D eigenvalue weighted by atomic mass is 10.0. The molecule has 1 amide bonds. The Morgan fingerprint density at radius 1 is 1.20 bits per heavy atom. The first-order valence-corrected chi connectivity index (χ1v) is 11.8. The van der Waals surface area contributed by atoms with Gasteiger partial charge in [-0.25, -0.2) is 0 Å². The van der Waals surface area contributed by atoms with Gasteiger partial charge in [-0.3, -0.25) is 24.6 Å². The number of rotatable bonds is 9. The molecule has 0 saturated carbocycles. The third-order valence-corrected chi connectivity index (χ3v) is 5.46. The molecule has 7 nitrogen and oxygen atoms in total. The number of nitrogens with zero attached hydrogens (tertiary/aromatic N) is 1. The van der Waals surface area contributed by atoms with Crippen LogP contribution >= 0.6 is 0 Å². The lowest BCUT2D eigenvalue weighted by Gasteiger charge is -2.29. The number of hydrogen-bond donors (Lipinski definition) is 1. The van der Waals surface area contributed by atoms with Crippen LogP contribution in [0.25, 0.3) is 0 Å². The first kappa shape index (κ1) is 20.0. The van der Waals surface area contributed by atoms with Crippen LogP contribution < -0.4 is 10.2 Å². The third-order valence-electron chi connectivity index (χ3n) is 5.46. The Balaban J connectivity index is 1.88. The van der Waals surface area contributed by atoms with Gasteiger partial charge in [0, 0.05) is 5.69 Å². The highest BCUT2D eigenvalue weighted by molar-refractivity contribution is 6.02. The summed E-state index contributed by atoms with van der Waals surface area (Å²) < 4.78 is 50.7. The number of aryl methyl sites for hydroxylation is 1. The number of amides is 1. The standard InChI is InChI=1S/C28H36N2O5/c1-5-34-27(33)23(17-15-20-11-7-6-8-12-20)29-22-18-16-21-13-9-10-14-24(21)30(26(22)32)19-25(31)35-28(2,3)4/h6-14,22-23,29H,5,15-19H2,1-4H3/t22-,23+/m0/s1/i6D,7D,8D,11D,12D. The van der Waals surface area contributed by atoms with Crippen LogP contribution in [0.15, 0.2) is 54.5 Å². The molecule has 7 heteroatoms. The second-order valence-corrected chi connectivity index (χ2v) is 9.34. The maximum atomic E-state index is 13.8. The van der Waals surface area contributed by atoms with Crippen molar-refractivity contribution in [1.82, 2.24) is 5.32 Å². The van der Waals surface area contributed by atoms with Gasteiger partial charge in [-0.1, -0.05) is 48.4 Å². The number of carbonyl (C=O) groups is 3. The molecule has 0 aromatic heterocycles. The van der Waals surface area contributed by atoms with E-state index in [1.54, 1.807) is 39.8 Å². The Labute approximate surface area is 214 Å². The van der Waals surface area contributed by atoms with Crippen molar-refractivity contribution in [3.63, 3.8) is 0 Å². The molecule has 1 aliphatic heterocycles. The van der Waals surface area contributed by atoms with Crippen molar-refractivity contribution in [2.24, 2.45) is 0 Å². The summed E-state index contributed by atoms with van der Waals surface area (Å²) in [4.78, 5) is 40.8. The van der Waals surface area contributed by atoms with E-state index >= 15 is 0 Å². The number of anilines is 1. The predicted octanol–water partition coefficient (Wildman–Crippen LogP) is 3.83. The van der Waals surface area contributed by atoms with Crippen LogP contribution in [0.1, 0.15) is 58.5 Å². The van der Waals surface area contributed by atoms with Crippen molar-refractivity contribution >= 4 is 23.5 Å². The van der Waals surface area contributed by atoms with Gasteiger partial charge in [-0.05, 0) is 70.6 Å². The molecule has 1 aliphatic rings. The summed E-state index contributed by atoms with van der Waals surface area (Å²) in [5.41, 5.74) is 0.805. The Morgan fingerprint density at radius 3 is 2.60 bits per heavy atom. The van der Waals surface area contributed by atoms with E-state index in [9.17, 15) is 14.4 Å². The van der Waals surface area contributed by atoms with Crippen molar-refractivity contribution < 1.29 is 30.7 Å². The highest BCUT2D eigenvalue weighted by Crippen LogP contribution is 2.27.